The van der Waals surface area contributed by atoms with Gasteiger partial charge in [0.15, 0.2) is 5.16 Å². The molecule has 0 saturated heterocycles. The molecular formula is C22H19F2N3O2S. The molecule has 0 unspecified atom stereocenters. The molecule has 0 aliphatic carbocycles. The third kappa shape index (κ3) is 4.49. The first kappa shape index (κ1) is 21.4. The lowest BCUT2D eigenvalue weighted by atomic mass is 10.2. The van der Waals surface area contributed by atoms with Crippen molar-refractivity contribution in [1.29, 1.82) is 0 Å². The SMILES string of the molecule is C=CCN(CC=C)C(=O)CSc1nc2ccccc2c(=O)n1-c1ccc(F)cc1F. The highest BCUT2D eigenvalue weighted by molar-refractivity contribution is 7.99. The van der Waals surface area contributed by atoms with Gasteiger partial charge in [-0.3, -0.25) is 14.2 Å². The predicted octanol–water partition coefficient (Wildman–Crippen LogP) is 3.96. The molecule has 8 heteroatoms. The van der Waals surface area contributed by atoms with Crippen molar-refractivity contribution in [2.75, 3.05) is 18.8 Å². The molecule has 30 heavy (non-hydrogen) atoms. The van der Waals surface area contributed by atoms with E-state index in [4.69, 9.17) is 0 Å². The fourth-order valence-electron chi connectivity index (χ4n) is 2.89. The quantitative estimate of drug-likeness (QED) is 0.310. The number of fused-ring (bicyclic) bond motifs is 1. The molecule has 3 rings (SSSR count). The van der Waals surface area contributed by atoms with Crippen molar-refractivity contribution >= 4 is 28.6 Å². The minimum absolute atomic E-state index is 0.0325. The summed E-state index contributed by atoms with van der Waals surface area (Å²) in [6.07, 6.45) is 3.20. The fourth-order valence-corrected chi connectivity index (χ4v) is 3.80. The number of para-hydroxylation sites is 1. The van der Waals surface area contributed by atoms with Crippen LogP contribution in [0.2, 0.25) is 0 Å². The van der Waals surface area contributed by atoms with E-state index in [9.17, 15) is 18.4 Å². The molecule has 0 atom stereocenters. The van der Waals surface area contributed by atoms with Crippen molar-refractivity contribution in [2.45, 2.75) is 5.16 Å². The van der Waals surface area contributed by atoms with Crippen molar-refractivity contribution in [2.24, 2.45) is 0 Å². The number of halogens is 2. The summed E-state index contributed by atoms with van der Waals surface area (Å²) in [5, 5.41) is 0.423. The largest absolute Gasteiger partial charge is 0.335 e. The Morgan fingerprint density at radius 3 is 2.50 bits per heavy atom. The third-order valence-corrected chi connectivity index (χ3v) is 5.20. The van der Waals surface area contributed by atoms with Crippen LogP contribution in [-0.2, 0) is 4.79 Å². The summed E-state index contributed by atoms with van der Waals surface area (Å²) >= 11 is 1.00. The van der Waals surface area contributed by atoms with E-state index in [-0.39, 0.29) is 27.9 Å². The second kappa shape index (κ2) is 9.49. The highest BCUT2D eigenvalue weighted by Gasteiger charge is 2.19. The molecule has 0 aliphatic heterocycles. The lowest BCUT2D eigenvalue weighted by Gasteiger charge is -2.19. The van der Waals surface area contributed by atoms with Crippen molar-refractivity contribution in [3.05, 3.63) is 89.8 Å². The first-order chi connectivity index (χ1) is 14.5. The van der Waals surface area contributed by atoms with E-state index in [1.807, 2.05) is 0 Å². The first-order valence-electron chi connectivity index (χ1n) is 9.06. The summed E-state index contributed by atoms with van der Waals surface area (Å²) in [5.74, 6) is -1.91. The van der Waals surface area contributed by atoms with Crippen molar-refractivity contribution in [1.82, 2.24) is 14.5 Å². The second-order valence-corrected chi connectivity index (χ2v) is 7.26. The maximum Gasteiger partial charge on any atom is 0.266 e. The van der Waals surface area contributed by atoms with Crippen LogP contribution in [0.3, 0.4) is 0 Å². The van der Waals surface area contributed by atoms with Crippen LogP contribution in [0.4, 0.5) is 8.78 Å². The molecule has 2 aromatic carbocycles. The summed E-state index contributed by atoms with van der Waals surface area (Å²) in [6, 6.07) is 9.59. The van der Waals surface area contributed by atoms with E-state index in [2.05, 4.69) is 18.1 Å². The van der Waals surface area contributed by atoms with Gasteiger partial charge in [-0.05, 0) is 24.3 Å². The topological polar surface area (TPSA) is 55.2 Å². The van der Waals surface area contributed by atoms with Gasteiger partial charge in [-0.25, -0.2) is 13.8 Å². The molecular weight excluding hydrogens is 408 g/mol. The maximum absolute atomic E-state index is 14.5. The summed E-state index contributed by atoms with van der Waals surface area (Å²) in [4.78, 5) is 31.7. The van der Waals surface area contributed by atoms with Gasteiger partial charge in [0.1, 0.15) is 11.6 Å². The van der Waals surface area contributed by atoms with Gasteiger partial charge >= 0.3 is 0 Å². The standard InChI is InChI=1S/C22H19F2N3O2S/c1-3-11-26(12-4-2)20(28)14-30-22-25-18-8-6-5-7-16(18)21(29)27(22)19-10-9-15(23)13-17(19)24/h3-10,13H,1-2,11-12,14H2. The Bertz CT molecular complexity index is 1170. The van der Waals surface area contributed by atoms with Crippen LogP contribution in [-0.4, -0.2) is 39.2 Å². The average Bonchev–Trinajstić information content (AvgIpc) is 2.73. The summed E-state index contributed by atoms with van der Waals surface area (Å²) < 4.78 is 29.0. The lowest BCUT2D eigenvalue weighted by Crippen LogP contribution is -2.33. The maximum atomic E-state index is 14.5. The van der Waals surface area contributed by atoms with E-state index in [0.29, 0.717) is 24.7 Å². The molecule has 0 saturated carbocycles. The Morgan fingerprint density at radius 2 is 1.83 bits per heavy atom. The Hall–Kier alpha value is -3.26. The molecule has 0 aliphatic rings. The molecule has 0 N–H and O–H groups in total. The van der Waals surface area contributed by atoms with Gasteiger partial charge in [0.2, 0.25) is 5.91 Å². The van der Waals surface area contributed by atoms with E-state index < -0.39 is 17.2 Å². The molecule has 1 amide bonds. The normalized spacial score (nSPS) is 10.7. The summed E-state index contributed by atoms with van der Waals surface area (Å²) in [6.45, 7) is 7.96. The van der Waals surface area contributed by atoms with Crippen LogP contribution in [0, 0.1) is 11.6 Å². The summed E-state index contributed by atoms with van der Waals surface area (Å²) in [7, 11) is 0. The van der Waals surface area contributed by atoms with Gasteiger partial charge in [0, 0.05) is 19.2 Å². The van der Waals surface area contributed by atoms with Crippen LogP contribution in [0.1, 0.15) is 0 Å². The Balaban J connectivity index is 2.06. The van der Waals surface area contributed by atoms with E-state index in [1.54, 1.807) is 36.4 Å². The number of amides is 1. The zero-order valence-electron chi connectivity index (χ0n) is 16.1. The Labute approximate surface area is 176 Å². The number of nitrogens with zero attached hydrogens (tertiary/aromatic N) is 3. The first-order valence-corrected chi connectivity index (χ1v) is 10.0. The van der Waals surface area contributed by atoms with Crippen molar-refractivity contribution in [3.8, 4) is 5.69 Å². The zero-order valence-corrected chi connectivity index (χ0v) is 16.9. The number of thioether (sulfide) groups is 1. The van der Waals surface area contributed by atoms with Crippen LogP contribution in [0.5, 0.6) is 0 Å². The smallest absolute Gasteiger partial charge is 0.266 e. The van der Waals surface area contributed by atoms with Gasteiger partial charge in [0.05, 0.1) is 22.3 Å². The number of hydrogen-bond donors (Lipinski definition) is 0. The average molecular weight is 427 g/mol. The molecule has 1 heterocycles. The molecule has 5 nitrogen and oxygen atoms in total. The fraction of sp³-hybridized carbons (Fsp3) is 0.136. The Kier molecular flexibility index (Phi) is 6.79. The highest BCUT2D eigenvalue weighted by atomic mass is 32.2. The van der Waals surface area contributed by atoms with Gasteiger partial charge in [0.25, 0.3) is 5.56 Å². The molecule has 0 fully saturated rings. The molecule has 3 aromatic rings. The predicted molar refractivity (Wildman–Crippen MR) is 115 cm³/mol. The number of aromatic nitrogens is 2. The van der Waals surface area contributed by atoms with Gasteiger partial charge < -0.3 is 4.90 Å². The zero-order chi connectivity index (χ0) is 21.7. The minimum Gasteiger partial charge on any atom is -0.335 e. The number of hydrogen-bond acceptors (Lipinski definition) is 4. The van der Waals surface area contributed by atoms with E-state index in [1.165, 1.54) is 11.0 Å². The van der Waals surface area contributed by atoms with Gasteiger partial charge in [-0.1, -0.05) is 36.0 Å². The minimum atomic E-state index is -0.901. The van der Waals surface area contributed by atoms with E-state index >= 15 is 0 Å². The van der Waals surface area contributed by atoms with Crippen molar-refractivity contribution < 1.29 is 13.6 Å². The number of carbonyl (C=O) groups is 1. The Morgan fingerprint density at radius 1 is 1.13 bits per heavy atom. The third-order valence-electron chi connectivity index (χ3n) is 4.27. The summed E-state index contributed by atoms with van der Waals surface area (Å²) in [5.41, 5.74) is -0.219. The second-order valence-electron chi connectivity index (χ2n) is 6.31. The van der Waals surface area contributed by atoms with Gasteiger partial charge in [-0.2, -0.15) is 0 Å². The highest BCUT2D eigenvalue weighted by Crippen LogP contribution is 2.23. The van der Waals surface area contributed by atoms with Crippen LogP contribution in [0.25, 0.3) is 16.6 Å². The molecule has 1 aromatic heterocycles. The molecule has 0 spiro atoms. The number of rotatable bonds is 8. The van der Waals surface area contributed by atoms with E-state index in [0.717, 1.165) is 22.4 Å². The number of benzene rings is 2. The van der Waals surface area contributed by atoms with Crippen LogP contribution in [0.15, 0.2) is 77.7 Å². The molecule has 0 radical (unpaired) electrons. The number of carbonyl (C=O) groups excluding carboxylic acids is 1. The lowest BCUT2D eigenvalue weighted by molar-refractivity contribution is -0.127. The van der Waals surface area contributed by atoms with Gasteiger partial charge in [-0.15, -0.1) is 13.2 Å². The van der Waals surface area contributed by atoms with Crippen LogP contribution >= 0.6 is 11.8 Å². The van der Waals surface area contributed by atoms with Crippen LogP contribution < -0.4 is 5.56 Å². The van der Waals surface area contributed by atoms with Crippen molar-refractivity contribution in [3.63, 3.8) is 0 Å². The monoisotopic (exact) mass is 427 g/mol. The molecule has 154 valence electrons. The molecule has 0 bridgehead atoms.